The van der Waals surface area contributed by atoms with Crippen LogP contribution in [0.2, 0.25) is 0 Å². The molecule has 1 unspecified atom stereocenters. The molecule has 0 radical (unpaired) electrons. The number of nitrogens with one attached hydrogen (secondary N) is 1. The Morgan fingerprint density at radius 3 is 2.64 bits per heavy atom. The largest absolute Gasteiger partial charge is 0.497 e. The second kappa shape index (κ2) is 7.46. The molecule has 4 rings (SSSR count). The number of methoxy groups -OCH3 is 1. The molecule has 1 atom stereocenters. The van der Waals surface area contributed by atoms with Crippen LogP contribution in [0.1, 0.15) is 45.9 Å². The van der Waals surface area contributed by atoms with Gasteiger partial charge >= 0.3 is 0 Å². The van der Waals surface area contributed by atoms with Crippen molar-refractivity contribution in [3.63, 3.8) is 0 Å². The second-order valence-corrected chi connectivity index (χ2v) is 6.52. The monoisotopic (exact) mass is 358 g/mol. The zero-order chi connectivity index (χ0) is 16.5. The first-order chi connectivity index (χ1) is 11.8. The average Bonchev–Trinajstić information content (AvgIpc) is 3.29. The predicted molar refractivity (Wildman–Crippen MR) is 100 cm³/mol. The molecule has 132 valence electrons. The third-order valence-corrected chi connectivity index (χ3v) is 5.10. The van der Waals surface area contributed by atoms with Gasteiger partial charge in [-0.2, -0.15) is 0 Å². The SMILES string of the molecule is COc1ccc(C2CCCN2C(=O)c2ccc3c(c2)CNC3)cc1.Cl. The van der Waals surface area contributed by atoms with Crippen LogP contribution in [-0.2, 0) is 13.1 Å². The highest BCUT2D eigenvalue weighted by Gasteiger charge is 2.31. The molecule has 5 heteroatoms. The van der Waals surface area contributed by atoms with E-state index in [0.29, 0.717) is 0 Å². The molecule has 25 heavy (non-hydrogen) atoms. The zero-order valence-electron chi connectivity index (χ0n) is 14.3. The highest BCUT2D eigenvalue weighted by atomic mass is 35.5. The second-order valence-electron chi connectivity index (χ2n) is 6.52. The van der Waals surface area contributed by atoms with Crippen molar-refractivity contribution >= 4 is 18.3 Å². The molecule has 0 saturated carbocycles. The molecule has 1 amide bonds. The number of carbonyl (C=O) groups is 1. The minimum Gasteiger partial charge on any atom is -0.497 e. The van der Waals surface area contributed by atoms with E-state index in [9.17, 15) is 4.79 Å². The highest BCUT2D eigenvalue weighted by Crippen LogP contribution is 2.34. The third kappa shape index (κ3) is 3.37. The van der Waals surface area contributed by atoms with Gasteiger partial charge in [0, 0.05) is 25.2 Å². The Bertz CT molecular complexity index is 761. The molecule has 0 spiro atoms. The first kappa shape index (κ1) is 17.8. The van der Waals surface area contributed by atoms with Crippen LogP contribution in [0, 0.1) is 0 Å². The number of hydrogen-bond donors (Lipinski definition) is 1. The highest BCUT2D eigenvalue weighted by molar-refractivity contribution is 5.95. The number of fused-ring (bicyclic) bond motifs is 1. The molecular weight excluding hydrogens is 336 g/mol. The number of hydrogen-bond acceptors (Lipinski definition) is 3. The van der Waals surface area contributed by atoms with Gasteiger partial charge < -0.3 is 15.0 Å². The van der Waals surface area contributed by atoms with Crippen molar-refractivity contribution < 1.29 is 9.53 Å². The van der Waals surface area contributed by atoms with E-state index in [2.05, 4.69) is 29.6 Å². The van der Waals surface area contributed by atoms with Crippen molar-refractivity contribution in [2.24, 2.45) is 0 Å². The summed E-state index contributed by atoms with van der Waals surface area (Å²) in [5.74, 6) is 0.990. The van der Waals surface area contributed by atoms with Crippen LogP contribution in [0.3, 0.4) is 0 Å². The number of rotatable bonds is 3. The van der Waals surface area contributed by atoms with Gasteiger partial charge in [-0.15, -0.1) is 12.4 Å². The van der Waals surface area contributed by atoms with Crippen molar-refractivity contribution in [2.75, 3.05) is 13.7 Å². The summed E-state index contributed by atoms with van der Waals surface area (Å²) in [5, 5.41) is 3.33. The van der Waals surface area contributed by atoms with Crippen LogP contribution >= 0.6 is 12.4 Å². The number of halogens is 1. The molecule has 2 aromatic carbocycles. The molecule has 1 saturated heterocycles. The standard InChI is InChI=1S/C20H22N2O2.ClH/c1-24-18-8-6-14(7-9-18)19-3-2-10-22(19)20(23)15-4-5-16-12-21-13-17(16)11-15;/h4-9,11,19,21H,2-3,10,12-13H2,1H3;1H. The lowest BCUT2D eigenvalue weighted by molar-refractivity contribution is 0.0735. The molecular formula is C20H23ClN2O2. The van der Waals surface area contributed by atoms with Crippen molar-refractivity contribution in [2.45, 2.75) is 32.0 Å². The van der Waals surface area contributed by atoms with E-state index in [4.69, 9.17) is 4.74 Å². The summed E-state index contributed by atoms with van der Waals surface area (Å²) in [4.78, 5) is 15.1. The van der Waals surface area contributed by atoms with Crippen molar-refractivity contribution in [3.05, 3.63) is 64.7 Å². The van der Waals surface area contributed by atoms with E-state index in [0.717, 1.165) is 43.8 Å². The summed E-state index contributed by atoms with van der Waals surface area (Å²) in [6.45, 7) is 2.59. The summed E-state index contributed by atoms with van der Waals surface area (Å²) >= 11 is 0. The molecule has 1 fully saturated rings. The third-order valence-electron chi connectivity index (χ3n) is 5.10. The lowest BCUT2D eigenvalue weighted by Gasteiger charge is -2.25. The van der Waals surface area contributed by atoms with Gasteiger partial charge in [0.15, 0.2) is 0 Å². The van der Waals surface area contributed by atoms with Crippen molar-refractivity contribution in [1.82, 2.24) is 10.2 Å². The number of benzene rings is 2. The molecule has 0 bridgehead atoms. The van der Waals surface area contributed by atoms with Gasteiger partial charge in [0.1, 0.15) is 5.75 Å². The Morgan fingerprint density at radius 2 is 1.88 bits per heavy atom. The fraction of sp³-hybridized carbons (Fsp3) is 0.350. The van der Waals surface area contributed by atoms with Gasteiger partial charge in [0.05, 0.1) is 13.2 Å². The number of ether oxygens (including phenoxy) is 1. The minimum atomic E-state index is 0. The molecule has 0 aromatic heterocycles. The van der Waals surface area contributed by atoms with Crippen LogP contribution in [0.15, 0.2) is 42.5 Å². The minimum absolute atomic E-state index is 0. The van der Waals surface area contributed by atoms with E-state index in [-0.39, 0.29) is 24.4 Å². The lowest BCUT2D eigenvalue weighted by atomic mass is 10.0. The van der Waals surface area contributed by atoms with Gasteiger partial charge in [-0.05, 0) is 53.8 Å². The van der Waals surface area contributed by atoms with E-state index in [1.54, 1.807) is 7.11 Å². The fourth-order valence-electron chi connectivity index (χ4n) is 3.78. The summed E-state index contributed by atoms with van der Waals surface area (Å²) in [6, 6.07) is 14.4. The van der Waals surface area contributed by atoms with Crippen LogP contribution in [0.4, 0.5) is 0 Å². The smallest absolute Gasteiger partial charge is 0.254 e. The normalized spacial score (nSPS) is 18.6. The molecule has 1 N–H and O–H groups in total. The molecule has 2 aromatic rings. The Hall–Kier alpha value is -2.04. The maximum atomic E-state index is 13.0. The van der Waals surface area contributed by atoms with E-state index in [1.165, 1.54) is 16.7 Å². The molecule has 2 aliphatic heterocycles. The van der Waals surface area contributed by atoms with Crippen molar-refractivity contribution in [3.8, 4) is 5.75 Å². The molecule has 0 aliphatic carbocycles. The lowest BCUT2D eigenvalue weighted by Crippen LogP contribution is -2.30. The van der Waals surface area contributed by atoms with Crippen LogP contribution in [0.5, 0.6) is 5.75 Å². The Balaban J connectivity index is 0.00000182. The first-order valence-corrected chi connectivity index (χ1v) is 8.54. The van der Waals surface area contributed by atoms with Gasteiger partial charge in [0.2, 0.25) is 0 Å². The number of likely N-dealkylation sites (tertiary alicyclic amines) is 1. The quantitative estimate of drug-likeness (QED) is 0.909. The van der Waals surface area contributed by atoms with Crippen LogP contribution in [0.25, 0.3) is 0 Å². The van der Waals surface area contributed by atoms with Gasteiger partial charge in [-0.25, -0.2) is 0 Å². The maximum absolute atomic E-state index is 13.0. The molecule has 4 nitrogen and oxygen atoms in total. The summed E-state index contributed by atoms with van der Waals surface area (Å²) in [5.41, 5.74) is 4.54. The van der Waals surface area contributed by atoms with E-state index >= 15 is 0 Å². The maximum Gasteiger partial charge on any atom is 0.254 e. The Labute approximate surface area is 154 Å². The Morgan fingerprint density at radius 1 is 1.12 bits per heavy atom. The van der Waals surface area contributed by atoms with Gasteiger partial charge in [-0.3, -0.25) is 4.79 Å². The Kier molecular flexibility index (Phi) is 5.30. The van der Waals surface area contributed by atoms with E-state index < -0.39 is 0 Å². The number of carbonyl (C=O) groups excluding carboxylic acids is 1. The zero-order valence-corrected chi connectivity index (χ0v) is 15.1. The number of amides is 1. The van der Waals surface area contributed by atoms with Crippen LogP contribution < -0.4 is 10.1 Å². The van der Waals surface area contributed by atoms with Gasteiger partial charge in [0.25, 0.3) is 5.91 Å². The summed E-state index contributed by atoms with van der Waals surface area (Å²) in [6.07, 6.45) is 2.07. The summed E-state index contributed by atoms with van der Waals surface area (Å²) < 4.78 is 5.23. The predicted octanol–water partition coefficient (Wildman–Crippen LogP) is 3.70. The topological polar surface area (TPSA) is 41.6 Å². The van der Waals surface area contributed by atoms with Crippen molar-refractivity contribution in [1.29, 1.82) is 0 Å². The fourth-order valence-corrected chi connectivity index (χ4v) is 3.78. The molecule has 2 heterocycles. The van der Waals surface area contributed by atoms with Crippen LogP contribution in [-0.4, -0.2) is 24.5 Å². The van der Waals surface area contributed by atoms with Gasteiger partial charge in [-0.1, -0.05) is 18.2 Å². The summed E-state index contributed by atoms with van der Waals surface area (Å²) in [7, 11) is 1.67. The number of nitrogens with zero attached hydrogens (tertiary/aromatic N) is 1. The molecule has 2 aliphatic rings. The average molecular weight is 359 g/mol. The first-order valence-electron chi connectivity index (χ1n) is 8.54. The van der Waals surface area contributed by atoms with E-state index in [1.807, 2.05) is 23.1 Å².